The zero-order chi connectivity index (χ0) is 13.3. The maximum Gasteiger partial charge on any atom is 0.191 e. The minimum absolute atomic E-state index is 0. The SMILES string of the molecule is CCNC(=NCc1ccccc1)NCc1cscn1.I. The van der Waals surface area contributed by atoms with Crippen LogP contribution in [0.3, 0.4) is 0 Å². The number of benzene rings is 1. The highest BCUT2D eigenvalue weighted by Gasteiger charge is 1.99. The molecule has 2 rings (SSSR count). The van der Waals surface area contributed by atoms with Gasteiger partial charge in [0.1, 0.15) is 0 Å². The molecule has 0 aliphatic rings. The second kappa shape index (κ2) is 9.71. The number of nitrogens with one attached hydrogen (secondary N) is 2. The summed E-state index contributed by atoms with van der Waals surface area (Å²) in [6.07, 6.45) is 0. The Morgan fingerprint density at radius 2 is 2.05 bits per heavy atom. The predicted octanol–water partition coefficient (Wildman–Crippen LogP) is 3.02. The van der Waals surface area contributed by atoms with Crippen LogP contribution < -0.4 is 10.6 Å². The van der Waals surface area contributed by atoms with Crippen LogP contribution in [0.2, 0.25) is 0 Å². The molecular weight excluding hydrogens is 383 g/mol. The third-order valence-electron chi connectivity index (χ3n) is 2.53. The second-order valence-corrected chi connectivity index (χ2v) is 4.73. The number of hydrogen-bond acceptors (Lipinski definition) is 3. The molecule has 2 aromatic rings. The summed E-state index contributed by atoms with van der Waals surface area (Å²) in [5.41, 5.74) is 4.08. The minimum Gasteiger partial charge on any atom is -0.357 e. The van der Waals surface area contributed by atoms with Crippen molar-refractivity contribution in [2.45, 2.75) is 20.0 Å². The Labute approximate surface area is 140 Å². The number of rotatable bonds is 5. The van der Waals surface area contributed by atoms with Crippen molar-refractivity contribution in [2.24, 2.45) is 4.99 Å². The van der Waals surface area contributed by atoms with E-state index in [-0.39, 0.29) is 24.0 Å². The molecule has 0 fully saturated rings. The standard InChI is InChI=1S/C14H18N4S.HI/c1-2-15-14(17-9-13-10-19-11-18-13)16-8-12-6-4-3-5-7-12;/h3-7,10-11H,2,8-9H2,1H3,(H2,15,16,17);1H. The second-order valence-electron chi connectivity index (χ2n) is 4.01. The third-order valence-corrected chi connectivity index (χ3v) is 3.16. The summed E-state index contributed by atoms with van der Waals surface area (Å²) in [7, 11) is 0. The largest absolute Gasteiger partial charge is 0.357 e. The number of guanidine groups is 1. The van der Waals surface area contributed by atoms with Gasteiger partial charge in [0.2, 0.25) is 0 Å². The lowest BCUT2D eigenvalue weighted by molar-refractivity contribution is 0.804. The van der Waals surface area contributed by atoms with Crippen molar-refractivity contribution in [2.75, 3.05) is 6.54 Å². The summed E-state index contributed by atoms with van der Waals surface area (Å²) in [6.45, 7) is 4.28. The van der Waals surface area contributed by atoms with E-state index in [1.807, 2.05) is 29.1 Å². The first-order valence-electron chi connectivity index (χ1n) is 6.31. The van der Waals surface area contributed by atoms with Gasteiger partial charge in [-0.3, -0.25) is 0 Å². The molecule has 0 unspecified atom stereocenters. The van der Waals surface area contributed by atoms with Crippen LogP contribution in [0.25, 0.3) is 0 Å². The van der Waals surface area contributed by atoms with Crippen LogP contribution in [-0.4, -0.2) is 17.5 Å². The van der Waals surface area contributed by atoms with Crippen LogP contribution in [0, 0.1) is 0 Å². The topological polar surface area (TPSA) is 49.3 Å². The Morgan fingerprint density at radius 1 is 1.25 bits per heavy atom. The Hall–Kier alpha value is -1.15. The Bertz CT molecular complexity index is 499. The Kier molecular flexibility index (Phi) is 8.20. The van der Waals surface area contributed by atoms with Gasteiger partial charge >= 0.3 is 0 Å². The fraction of sp³-hybridized carbons (Fsp3) is 0.286. The van der Waals surface area contributed by atoms with Crippen molar-refractivity contribution < 1.29 is 0 Å². The van der Waals surface area contributed by atoms with Crippen LogP contribution in [0.5, 0.6) is 0 Å². The molecule has 0 amide bonds. The van der Waals surface area contributed by atoms with Crippen LogP contribution in [-0.2, 0) is 13.1 Å². The van der Waals surface area contributed by atoms with Crippen molar-refractivity contribution in [3.05, 3.63) is 52.5 Å². The Balaban J connectivity index is 0.00000200. The summed E-state index contributed by atoms with van der Waals surface area (Å²) < 4.78 is 0. The van der Waals surface area contributed by atoms with Gasteiger partial charge in [0.25, 0.3) is 0 Å². The van der Waals surface area contributed by atoms with E-state index < -0.39 is 0 Å². The van der Waals surface area contributed by atoms with Gasteiger partial charge in [-0.05, 0) is 12.5 Å². The monoisotopic (exact) mass is 402 g/mol. The Morgan fingerprint density at radius 3 is 2.70 bits per heavy atom. The molecule has 1 aromatic heterocycles. The van der Waals surface area contributed by atoms with Crippen LogP contribution in [0.1, 0.15) is 18.2 Å². The third kappa shape index (κ3) is 5.87. The molecule has 6 heteroatoms. The van der Waals surface area contributed by atoms with E-state index >= 15 is 0 Å². The highest BCUT2D eigenvalue weighted by atomic mass is 127. The molecule has 0 spiro atoms. The summed E-state index contributed by atoms with van der Waals surface area (Å²) in [5, 5.41) is 8.54. The van der Waals surface area contributed by atoms with E-state index in [4.69, 9.17) is 0 Å². The smallest absolute Gasteiger partial charge is 0.191 e. The number of aromatic nitrogens is 1. The lowest BCUT2D eigenvalue weighted by Gasteiger charge is -2.10. The number of nitrogens with zero attached hydrogens (tertiary/aromatic N) is 2. The van der Waals surface area contributed by atoms with E-state index in [0.29, 0.717) is 13.1 Å². The molecule has 108 valence electrons. The van der Waals surface area contributed by atoms with E-state index in [9.17, 15) is 0 Å². The summed E-state index contributed by atoms with van der Waals surface area (Å²) in [6, 6.07) is 10.2. The molecule has 0 saturated carbocycles. The van der Waals surface area contributed by atoms with Gasteiger partial charge in [-0.25, -0.2) is 9.98 Å². The van der Waals surface area contributed by atoms with Crippen molar-refractivity contribution in [3.8, 4) is 0 Å². The van der Waals surface area contributed by atoms with E-state index in [1.54, 1.807) is 11.3 Å². The van der Waals surface area contributed by atoms with Gasteiger partial charge in [-0.1, -0.05) is 30.3 Å². The lowest BCUT2D eigenvalue weighted by atomic mass is 10.2. The van der Waals surface area contributed by atoms with Crippen molar-refractivity contribution in [1.29, 1.82) is 0 Å². The quantitative estimate of drug-likeness (QED) is 0.459. The lowest BCUT2D eigenvalue weighted by Crippen LogP contribution is -2.36. The fourth-order valence-corrected chi connectivity index (χ4v) is 2.15. The summed E-state index contributed by atoms with van der Waals surface area (Å²) >= 11 is 1.60. The first kappa shape index (κ1) is 16.9. The van der Waals surface area contributed by atoms with E-state index in [2.05, 4.69) is 39.7 Å². The van der Waals surface area contributed by atoms with Crippen molar-refractivity contribution in [3.63, 3.8) is 0 Å². The number of hydrogen-bond donors (Lipinski definition) is 2. The van der Waals surface area contributed by atoms with Gasteiger partial charge in [-0.2, -0.15) is 0 Å². The first-order chi connectivity index (χ1) is 9.38. The van der Waals surface area contributed by atoms with E-state index in [0.717, 1.165) is 18.2 Å². The molecule has 0 saturated heterocycles. The number of thiazole rings is 1. The highest BCUT2D eigenvalue weighted by molar-refractivity contribution is 14.0. The van der Waals surface area contributed by atoms with Crippen LogP contribution in [0.4, 0.5) is 0 Å². The number of aliphatic imine (C=N–C) groups is 1. The van der Waals surface area contributed by atoms with Gasteiger partial charge in [-0.15, -0.1) is 35.3 Å². The first-order valence-corrected chi connectivity index (χ1v) is 7.26. The van der Waals surface area contributed by atoms with E-state index in [1.165, 1.54) is 5.56 Å². The molecule has 1 heterocycles. The average Bonchev–Trinajstić information content (AvgIpc) is 2.96. The zero-order valence-electron chi connectivity index (χ0n) is 11.4. The van der Waals surface area contributed by atoms with Crippen molar-refractivity contribution in [1.82, 2.24) is 15.6 Å². The molecule has 20 heavy (non-hydrogen) atoms. The van der Waals surface area contributed by atoms with Gasteiger partial charge < -0.3 is 10.6 Å². The molecule has 0 aliphatic carbocycles. The molecule has 2 N–H and O–H groups in total. The zero-order valence-corrected chi connectivity index (χ0v) is 14.5. The molecule has 1 aromatic carbocycles. The molecule has 0 atom stereocenters. The normalized spacial score (nSPS) is 10.8. The maximum absolute atomic E-state index is 4.55. The molecule has 4 nitrogen and oxygen atoms in total. The van der Waals surface area contributed by atoms with Gasteiger partial charge in [0.05, 0.1) is 24.3 Å². The molecule has 0 radical (unpaired) electrons. The maximum atomic E-state index is 4.55. The minimum atomic E-state index is 0. The molecule has 0 bridgehead atoms. The molecular formula is C14H19IN4S. The highest BCUT2D eigenvalue weighted by Crippen LogP contribution is 2.01. The summed E-state index contributed by atoms with van der Waals surface area (Å²) in [5.74, 6) is 0.819. The van der Waals surface area contributed by atoms with Gasteiger partial charge in [0.15, 0.2) is 5.96 Å². The van der Waals surface area contributed by atoms with Crippen LogP contribution in [0.15, 0.2) is 46.2 Å². The van der Waals surface area contributed by atoms with Crippen molar-refractivity contribution >= 4 is 41.3 Å². The fourth-order valence-electron chi connectivity index (χ4n) is 1.59. The predicted molar refractivity (Wildman–Crippen MR) is 95.6 cm³/mol. The van der Waals surface area contributed by atoms with Crippen LogP contribution >= 0.6 is 35.3 Å². The molecule has 0 aliphatic heterocycles. The summed E-state index contributed by atoms with van der Waals surface area (Å²) in [4.78, 5) is 8.79. The average molecular weight is 402 g/mol. The van der Waals surface area contributed by atoms with Gasteiger partial charge in [0, 0.05) is 11.9 Å². The number of halogens is 1.